The molecule has 4 nitrogen and oxygen atoms in total. The van der Waals surface area contributed by atoms with Crippen molar-refractivity contribution in [1.29, 1.82) is 0 Å². The highest BCUT2D eigenvalue weighted by Gasteiger charge is 2.10. The van der Waals surface area contributed by atoms with Crippen LogP contribution in [0.3, 0.4) is 0 Å². The highest BCUT2D eigenvalue weighted by atomic mass is 35.5. The molecule has 2 aromatic heterocycles. The molecule has 0 aliphatic heterocycles. The summed E-state index contributed by atoms with van der Waals surface area (Å²) in [5, 5.41) is 0.252. The van der Waals surface area contributed by atoms with E-state index in [4.69, 9.17) is 16.3 Å². The molecule has 0 fully saturated rings. The summed E-state index contributed by atoms with van der Waals surface area (Å²) in [4.78, 5) is 16.6. The van der Waals surface area contributed by atoms with Gasteiger partial charge < -0.3 is 9.30 Å². The first kappa shape index (κ1) is 18.2. The van der Waals surface area contributed by atoms with Gasteiger partial charge in [0.1, 0.15) is 16.5 Å². The highest BCUT2D eigenvalue weighted by molar-refractivity contribution is 6.33. The van der Waals surface area contributed by atoms with Gasteiger partial charge >= 0.3 is 0 Å². The summed E-state index contributed by atoms with van der Waals surface area (Å²) < 4.78 is 7.49. The first-order valence-electron chi connectivity index (χ1n) is 8.68. The Morgan fingerprint density at radius 3 is 2.58 bits per heavy atom. The van der Waals surface area contributed by atoms with Gasteiger partial charge in [-0.3, -0.25) is 9.78 Å². The molecule has 0 unspecified atom stereocenters. The highest BCUT2D eigenvalue weighted by Crippen LogP contribution is 2.28. The van der Waals surface area contributed by atoms with Crippen molar-refractivity contribution in [2.24, 2.45) is 0 Å². The minimum absolute atomic E-state index is 0.148. The molecule has 26 heavy (non-hydrogen) atoms. The lowest BCUT2D eigenvalue weighted by Crippen LogP contribution is -2.20. The van der Waals surface area contributed by atoms with Crippen LogP contribution in [0, 0.1) is 6.92 Å². The molecule has 1 aromatic carbocycles. The maximum absolute atomic E-state index is 12.4. The molecule has 0 aliphatic rings. The zero-order valence-electron chi connectivity index (χ0n) is 14.9. The number of halogens is 1. The number of unbranched alkanes of at least 4 members (excludes halogenated alkanes) is 1. The van der Waals surface area contributed by atoms with Crippen molar-refractivity contribution < 1.29 is 4.74 Å². The fourth-order valence-corrected chi connectivity index (χ4v) is 2.98. The molecule has 0 saturated heterocycles. The summed E-state index contributed by atoms with van der Waals surface area (Å²) in [7, 11) is 0. The minimum Gasteiger partial charge on any atom is -0.457 e. The molecule has 3 rings (SSSR count). The van der Waals surface area contributed by atoms with Crippen molar-refractivity contribution in [2.75, 3.05) is 0 Å². The Morgan fingerprint density at radius 1 is 1.12 bits per heavy atom. The number of ether oxygens (including phenoxy) is 1. The van der Waals surface area contributed by atoms with Gasteiger partial charge in [-0.15, -0.1) is 0 Å². The molecule has 0 bridgehead atoms. The van der Waals surface area contributed by atoms with Crippen LogP contribution in [0.1, 0.15) is 25.5 Å². The molecule has 0 spiro atoms. The van der Waals surface area contributed by atoms with E-state index in [0.717, 1.165) is 35.4 Å². The quantitative estimate of drug-likeness (QED) is 0.579. The summed E-state index contributed by atoms with van der Waals surface area (Å²) in [5.74, 6) is 1.45. The van der Waals surface area contributed by atoms with Crippen molar-refractivity contribution in [3.63, 3.8) is 0 Å². The Hall–Kier alpha value is -2.59. The molecule has 0 N–H and O–H groups in total. The minimum atomic E-state index is -0.148. The topological polar surface area (TPSA) is 44.1 Å². The Balaban J connectivity index is 1.82. The molecular weight excluding hydrogens is 348 g/mol. The van der Waals surface area contributed by atoms with E-state index in [0.29, 0.717) is 12.3 Å². The fourth-order valence-electron chi connectivity index (χ4n) is 2.70. The van der Waals surface area contributed by atoms with Gasteiger partial charge in [-0.25, -0.2) is 0 Å². The van der Waals surface area contributed by atoms with E-state index in [1.54, 1.807) is 10.8 Å². The van der Waals surface area contributed by atoms with Gasteiger partial charge in [0.05, 0.1) is 0 Å². The zero-order chi connectivity index (χ0) is 18.5. The van der Waals surface area contributed by atoms with Crippen molar-refractivity contribution in [3.05, 3.63) is 75.9 Å². The molecule has 0 saturated carbocycles. The average molecular weight is 369 g/mol. The van der Waals surface area contributed by atoms with Crippen LogP contribution in [0.2, 0.25) is 5.02 Å². The number of benzene rings is 1. The van der Waals surface area contributed by atoms with Crippen LogP contribution in [0.5, 0.6) is 11.5 Å². The molecule has 0 aliphatic carbocycles. The molecule has 0 radical (unpaired) electrons. The first-order valence-corrected chi connectivity index (χ1v) is 9.06. The van der Waals surface area contributed by atoms with Gasteiger partial charge in [-0.05, 0) is 43.2 Å². The van der Waals surface area contributed by atoms with Crippen molar-refractivity contribution >= 4 is 11.6 Å². The molecule has 3 aromatic rings. The second-order valence-corrected chi connectivity index (χ2v) is 6.53. The largest absolute Gasteiger partial charge is 0.457 e. The smallest absolute Gasteiger partial charge is 0.269 e. The van der Waals surface area contributed by atoms with Crippen LogP contribution < -0.4 is 10.3 Å². The predicted octanol–water partition coefficient (Wildman–Crippen LogP) is 5.46. The second-order valence-electron chi connectivity index (χ2n) is 6.15. The van der Waals surface area contributed by atoms with Gasteiger partial charge in [0.2, 0.25) is 0 Å². The van der Waals surface area contributed by atoms with Gasteiger partial charge in [-0.1, -0.05) is 37.1 Å². The lowest BCUT2D eigenvalue weighted by Gasteiger charge is -2.10. The van der Waals surface area contributed by atoms with E-state index in [2.05, 4.69) is 11.9 Å². The molecule has 5 heteroatoms. The summed E-state index contributed by atoms with van der Waals surface area (Å²) in [6.07, 6.45) is 5.51. The normalized spacial score (nSPS) is 10.7. The van der Waals surface area contributed by atoms with E-state index < -0.39 is 0 Å². The van der Waals surface area contributed by atoms with Gasteiger partial charge in [0, 0.05) is 36.3 Å². The molecular formula is C21H21ClN2O2. The van der Waals surface area contributed by atoms with E-state index in [1.807, 2.05) is 55.6 Å². The van der Waals surface area contributed by atoms with E-state index in [1.165, 1.54) is 0 Å². The van der Waals surface area contributed by atoms with Crippen LogP contribution in [-0.2, 0) is 6.54 Å². The zero-order valence-corrected chi connectivity index (χ0v) is 15.7. The van der Waals surface area contributed by atoms with Crippen molar-refractivity contribution in [2.45, 2.75) is 33.2 Å². The first-order chi connectivity index (χ1) is 12.6. The third-order valence-electron chi connectivity index (χ3n) is 4.13. The lowest BCUT2D eigenvalue weighted by molar-refractivity contribution is 0.481. The molecule has 134 valence electrons. The van der Waals surface area contributed by atoms with E-state index in [9.17, 15) is 4.79 Å². The number of hydrogen-bond donors (Lipinski definition) is 0. The van der Waals surface area contributed by atoms with Crippen molar-refractivity contribution in [1.82, 2.24) is 9.55 Å². The summed E-state index contributed by atoms with van der Waals surface area (Å²) in [5.41, 5.74) is 2.36. The predicted molar refractivity (Wildman–Crippen MR) is 105 cm³/mol. The third-order valence-corrected chi connectivity index (χ3v) is 4.49. The fraction of sp³-hybridized carbons (Fsp3) is 0.238. The Kier molecular flexibility index (Phi) is 5.74. The Morgan fingerprint density at radius 2 is 1.88 bits per heavy atom. The lowest BCUT2D eigenvalue weighted by atomic mass is 10.1. The van der Waals surface area contributed by atoms with Crippen LogP contribution in [0.15, 0.2) is 59.7 Å². The SMILES string of the molecule is CCCCn1ccc(-c2ccc(Oc3ccnc(C)c3)cc2)c(Cl)c1=O. The van der Waals surface area contributed by atoms with Crippen LogP contribution in [0.25, 0.3) is 11.1 Å². The van der Waals surface area contributed by atoms with Crippen molar-refractivity contribution in [3.8, 4) is 22.6 Å². The maximum Gasteiger partial charge on any atom is 0.269 e. The maximum atomic E-state index is 12.4. The van der Waals surface area contributed by atoms with Crippen LogP contribution in [0.4, 0.5) is 0 Å². The molecule has 2 heterocycles. The summed E-state index contributed by atoms with van der Waals surface area (Å²) in [6, 6.07) is 13.1. The molecule has 0 atom stereocenters. The standard InChI is InChI=1S/C21H21ClN2O2/c1-3-4-12-24-13-10-19(20(22)21(24)25)16-5-7-17(8-6-16)26-18-9-11-23-15(2)14-18/h5-11,13-14H,3-4,12H2,1-2H3. The number of nitrogens with zero attached hydrogens (tertiary/aromatic N) is 2. The number of rotatable bonds is 6. The van der Waals surface area contributed by atoms with E-state index in [-0.39, 0.29) is 10.6 Å². The molecule has 0 amide bonds. The monoisotopic (exact) mass is 368 g/mol. The Labute approximate surface area is 158 Å². The number of pyridine rings is 2. The van der Waals surface area contributed by atoms with Crippen LogP contribution >= 0.6 is 11.6 Å². The number of aryl methyl sites for hydroxylation is 2. The number of aromatic nitrogens is 2. The number of hydrogen-bond acceptors (Lipinski definition) is 3. The second kappa shape index (κ2) is 8.19. The summed E-state index contributed by atoms with van der Waals surface area (Å²) >= 11 is 6.33. The average Bonchev–Trinajstić information content (AvgIpc) is 2.64. The summed E-state index contributed by atoms with van der Waals surface area (Å²) in [6.45, 7) is 4.70. The van der Waals surface area contributed by atoms with Crippen LogP contribution in [-0.4, -0.2) is 9.55 Å². The van der Waals surface area contributed by atoms with E-state index >= 15 is 0 Å². The third kappa shape index (κ3) is 4.14. The van der Waals surface area contributed by atoms with Gasteiger partial charge in [0.25, 0.3) is 5.56 Å². The Bertz CT molecular complexity index is 949. The van der Waals surface area contributed by atoms with Gasteiger partial charge in [0.15, 0.2) is 0 Å². The van der Waals surface area contributed by atoms with Gasteiger partial charge in [-0.2, -0.15) is 0 Å².